The van der Waals surface area contributed by atoms with E-state index in [1.807, 2.05) is 24.3 Å². The lowest BCUT2D eigenvalue weighted by molar-refractivity contribution is -0.692. The third-order valence-corrected chi connectivity index (χ3v) is 3.64. The minimum atomic E-state index is -3.95. The predicted molar refractivity (Wildman–Crippen MR) is 72.8 cm³/mol. The Kier molecular flexibility index (Phi) is 3.35. The lowest BCUT2D eigenvalue weighted by Gasteiger charge is -2.00. The highest BCUT2D eigenvalue weighted by molar-refractivity contribution is 7.85. The fraction of sp³-hybridized carbons (Fsp3) is 0.167. The number of pyridine rings is 1. The number of nitrogens with zero attached hydrogens (tertiary/aromatic N) is 5. The number of fused-ring (bicyclic) bond motifs is 1. The van der Waals surface area contributed by atoms with E-state index in [0.717, 1.165) is 11.3 Å². The lowest BCUT2D eigenvalue weighted by Crippen LogP contribution is -2.36. The maximum atomic E-state index is 10.7. The Labute approximate surface area is 120 Å². The Morgan fingerprint density at radius 2 is 1.95 bits per heavy atom. The van der Waals surface area contributed by atoms with Crippen LogP contribution in [0.1, 0.15) is 0 Å². The Balaban J connectivity index is 1.83. The van der Waals surface area contributed by atoms with Crippen LogP contribution in [0.3, 0.4) is 0 Å². The van der Waals surface area contributed by atoms with Gasteiger partial charge in [0.15, 0.2) is 24.6 Å². The van der Waals surface area contributed by atoms with Gasteiger partial charge in [-0.2, -0.15) is 8.42 Å². The summed E-state index contributed by atoms with van der Waals surface area (Å²) in [5.74, 6) is -0.319. The van der Waals surface area contributed by atoms with Crippen LogP contribution >= 0.6 is 0 Å². The SMILES string of the molecule is O=S(=O)(O)CC[n+]1ccc(-c2ccc3ncnn3n2)cc1. The molecule has 0 fully saturated rings. The van der Waals surface area contributed by atoms with Crippen molar-refractivity contribution in [2.24, 2.45) is 0 Å². The van der Waals surface area contributed by atoms with Crippen molar-refractivity contribution in [1.29, 1.82) is 0 Å². The molecule has 3 heterocycles. The molecule has 0 unspecified atom stereocenters. The molecule has 0 bridgehead atoms. The van der Waals surface area contributed by atoms with Gasteiger partial charge in [0.1, 0.15) is 12.1 Å². The zero-order valence-electron chi connectivity index (χ0n) is 10.9. The van der Waals surface area contributed by atoms with E-state index >= 15 is 0 Å². The minimum absolute atomic E-state index is 0.189. The summed E-state index contributed by atoms with van der Waals surface area (Å²) in [4.78, 5) is 4.02. The van der Waals surface area contributed by atoms with Crippen molar-refractivity contribution in [2.75, 3.05) is 5.75 Å². The summed E-state index contributed by atoms with van der Waals surface area (Å²) in [6.45, 7) is 0.189. The van der Waals surface area contributed by atoms with Crippen molar-refractivity contribution < 1.29 is 17.5 Å². The Morgan fingerprint density at radius 1 is 1.19 bits per heavy atom. The molecule has 3 aromatic heterocycles. The quantitative estimate of drug-likeness (QED) is 0.536. The van der Waals surface area contributed by atoms with Crippen LogP contribution in [0.15, 0.2) is 43.0 Å². The van der Waals surface area contributed by atoms with Gasteiger partial charge in [0, 0.05) is 17.7 Å². The number of aryl methyl sites for hydroxylation is 1. The molecule has 108 valence electrons. The van der Waals surface area contributed by atoms with Crippen LogP contribution < -0.4 is 4.57 Å². The Morgan fingerprint density at radius 3 is 2.67 bits per heavy atom. The second kappa shape index (κ2) is 5.19. The molecule has 3 aromatic rings. The minimum Gasteiger partial charge on any atom is -0.285 e. The molecule has 3 rings (SSSR count). The number of aromatic nitrogens is 5. The van der Waals surface area contributed by atoms with Crippen LogP contribution in [0, 0.1) is 0 Å². The van der Waals surface area contributed by atoms with Gasteiger partial charge in [0.05, 0.1) is 5.69 Å². The van der Waals surface area contributed by atoms with Crippen molar-refractivity contribution in [2.45, 2.75) is 6.54 Å². The van der Waals surface area contributed by atoms with E-state index in [0.29, 0.717) is 5.65 Å². The highest BCUT2D eigenvalue weighted by atomic mass is 32.2. The largest absolute Gasteiger partial charge is 0.285 e. The topological polar surface area (TPSA) is 101 Å². The van der Waals surface area contributed by atoms with Crippen LogP contribution in [-0.4, -0.2) is 38.5 Å². The molecule has 0 aliphatic carbocycles. The zero-order chi connectivity index (χ0) is 14.9. The molecule has 0 saturated heterocycles. The normalized spacial score (nSPS) is 11.9. The Bertz CT molecular complexity index is 873. The van der Waals surface area contributed by atoms with Gasteiger partial charge in [-0.05, 0) is 12.1 Å². The average Bonchev–Trinajstić information content (AvgIpc) is 2.92. The van der Waals surface area contributed by atoms with Gasteiger partial charge < -0.3 is 0 Å². The van der Waals surface area contributed by atoms with E-state index in [2.05, 4.69) is 15.2 Å². The van der Waals surface area contributed by atoms with E-state index in [1.165, 1.54) is 11.0 Å². The molecule has 21 heavy (non-hydrogen) atoms. The summed E-state index contributed by atoms with van der Waals surface area (Å²) >= 11 is 0. The molecule has 8 nitrogen and oxygen atoms in total. The molecular weight excluding hydrogens is 294 g/mol. The number of hydrogen-bond acceptors (Lipinski definition) is 5. The van der Waals surface area contributed by atoms with Crippen LogP contribution in [0.4, 0.5) is 0 Å². The number of hydrogen-bond donors (Lipinski definition) is 1. The molecule has 0 saturated carbocycles. The van der Waals surface area contributed by atoms with Crippen molar-refractivity contribution in [1.82, 2.24) is 19.8 Å². The van der Waals surface area contributed by atoms with E-state index in [1.54, 1.807) is 17.0 Å². The molecule has 0 aromatic carbocycles. The van der Waals surface area contributed by atoms with Crippen LogP contribution in [0.2, 0.25) is 0 Å². The molecule has 0 aliphatic heterocycles. The summed E-state index contributed by atoms with van der Waals surface area (Å²) in [6.07, 6.45) is 4.89. The maximum absolute atomic E-state index is 10.7. The first kappa shape index (κ1) is 13.6. The first-order valence-electron chi connectivity index (χ1n) is 6.13. The third kappa shape index (κ3) is 3.20. The van der Waals surface area contributed by atoms with E-state index in [4.69, 9.17) is 4.55 Å². The van der Waals surface area contributed by atoms with Gasteiger partial charge in [-0.25, -0.2) is 9.55 Å². The van der Waals surface area contributed by atoms with Gasteiger partial charge in [0.25, 0.3) is 10.1 Å². The second-order valence-electron chi connectivity index (χ2n) is 4.44. The molecular formula is C12H12N5O3S+. The first-order chi connectivity index (χ1) is 10.0. The van der Waals surface area contributed by atoms with E-state index in [9.17, 15) is 8.42 Å². The fourth-order valence-electron chi connectivity index (χ4n) is 1.87. The highest BCUT2D eigenvalue weighted by Gasteiger charge is 2.10. The van der Waals surface area contributed by atoms with E-state index < -0.39 is 10.1 Å². The second-order valence-corrected chi connectivity index (χ2v) is 6.01. The van der Waals surface area contributed by atoms with Crippen molar-refractivity contribution in [3.8, 4) is 11.3 Å². The summed E-state index contributed by atoms with van der Waals surface area (Å²) in [5, 5.41) is 8.29. The van der Waals surface area contributed by atoms with Crippen LogP contribution in [0.5, 0.6) is 0 Å². The first-order valence-corrected chi connectivity index (χ1v) is 7.74. The molecule has 1 N–H and O–H groups in total. The van der Waals surface area contributed by atoms with Gasteiger partial charge in [0.2, 0.25) is 0 Å². The third-order valence-electron chi connectivity index (χ3n) is 2.94. The van der Waals surface area contributed by atoms with Crippen LogP contribution in [0.25, 0.3) is 16.9 Å². The lowest BCUT2D eigenvalue weighted by atomic mass is 10.2. The average molecular weight is 306 g/mol. The summed E-state index contributed by atoms with van der Waals surface area (Å²) < 4.78 is 33.3. The van der Waals surface area contributed by atoms with Crippen molar-refractivity contribution >= 4 is 15.8 Å². The highest BCUT2D eigenvalue weighted by Crippen LogP contribution is 2.14. The smallest absolute Gasteiger partial charge is 0.271 e. The molecule has 0 radical (unpaired) electrons. The van der Waals surface area contributed by atoms with Crippen molar-refractivity contribution in [3.63, 3.8) is 0 Å². The van der Waals surface area contributed by atoms with Gasteiger partial charge in [-0.3, -0.25) is 4.55 Å². The Hall–Kier alpha value is -2.39. The zero-order valence-corrected chi connectivity index (χ0v) is 11.7. The molecule has 0 amide bonds. The fourth-order valence-corrected chi connectivity index (χ4v) is 2.31. The summed E-state index contributed by atoms with van der Waals surface area (Å²) in [7, 11) is -3.95. The van der Waals surface area contributed by atoms with Gasteiger partial charge >= 0.3 is 0 Å². The van der Waals surface area contributed by atoms with E-state index in [-0.39, 0.29) is 12.3 Å². The predicted octanol–water partition coefficient (Wildman–Crippen LogP) is -0.0334. The van der Waals surface area contributed by atoms with Gasteiger partial charge in [-0.1, -0.05) is 0 Å². The van der Waals surface area contributed by atoms with Crippen LogP contribution in [-0.2, 0) is 16.7 Å². The molecule has 0 aliphatic rings. The molecule has 0 spiro atoms. The maximum Gasteiger partial charge on any atom is 0.271 e. The monoisotopic (exact) mass is 306 g/mol. The number of rotatable bonds is 4. The van der Waals surface area contributed by atoms with Crippen molar-refractivity contribution in [3.05, 3.63) is 43.0 Å². The summed E-state index contributed by atoms with van der Waals surface area (Å²) in [5.41, 5.74) is 2.27. The summed E-state index contributed by atoms with van der Waals surface area (Å²) in [6, 6.07) is 7.28. The van der Waals surface area contributed by atoms with Gasteiger partial charge in [-0.15, -0.1) is 14.8 Å². The molecule has 9 heteroatoms. The standard InChI is InChI=1S/C12H11N5O3S/c18-21(19,20)8-7-16-5-3-10(4-6-16)11-1-2-12-13-9-14-17(12)15-11/h1-6,9H,7-8H2/p+1. The molecule has 0 atom stereocenters.